The number of likely N-dealkylation sites (N-methyl/N-ethyl adjacent to an activating group) is 1. The maximum absolute atomic E-state index is 5.26. The molecule has 1 rings (SSSR count). The van der Waals surface area contributed by atoms with Gasteiger partial charge in [0.1, 0.15) is 0 Å². The van der Waals surface area contributed by atoms with Crippen LogP contribution in [0.2, 0.25) is 0 Å². The number of nitrogens with one attached hydrogen (secondary N) is 1. The molecule has 3 N–H and O–H groups in total. The van der Waals surface area contributed by atoms with Gasteiger partial charge in [-0.15, -0.1) is 0 Å². The molecule has 16 heavy (non-hydrogen) atoms. The summed E-state index contributed by atoms with van der Waals surface area (Å²) in [5.41, 5.74) is 5.44. The maximum Gasteiger partial charge on any atom is 0.0610 e. The summed E-state index contributed by atoms with van der Waals surface area (Å²) in [6.45, 7) is 6.18. The Hall–Kier alpha value is -0.900. The molecule has 0 aliphatic heterocycles. The zero-order valence-corrected chi connectivity index (χ0v) is 10.5. The minimum atomic E-state index is 0.609. The zero-order chi connectivity index (χ0) is 12.0. The molecule has 0 aliphatic rings. The molecule has 0 aromatic heterocycles. The molecule has 3 nitrogen and oxygen atoms in total. The van der Waals surface area contributed by atoms with E-state index in [1.165, 1.54) is 11.1 Å². The molecule has 0 atom stereocenters. The number of rotatable bonds is 6. The molecule has 1 aromatic carbocycles. The molecule has 0 amide bonds. The van der Waals surface area contributed by atoms with Crippen molar-refractivity contribution in [3.63, 3.8) is 0 Å². The second-order valence-corrected chi connectivity index (χ2v) is 4.59. The normalized spacial score (nSPS) is 11.4. The summed E-state index contributed by atoms with van der Waals surface area (Å²) in [5.74, 6) is 5.87. The monoisotopic (exact) mass is 221 g/mol. The topological polar surface area (TPSA) is 41.3 Å². The molecule has 0 spiro atoms. The molecule has 0 heterocycles. The van der Waals surface area contributed by atoms with E-state index in [0.29, 0.717) is 5.92 Å². The van der Waals surface area contributed by atoms with Crippen LogP contribution in [-0.4, -0.2) is 25.2 Å². The number of nitrogens with zero attached hydrogens (tertiary/aromatic N) is 1. The highest BCUT2D eigenvalue weighted by Crippen LogP contribution is 2.14. The molecule has 0 radical (unpaired) electrons. The lowest BCUT2D eigenvalue weighted by atomic mass is 10.0. The van der Waals surface area contributed by atoms with Crippen LogP contribution in [0.5, 0.6) is 0 Å². The number of hydrazine groups is 1. The predicted octanol–water partition coefficient (Wildman–Crippen LogP) is 1.71. The first-order chi connectivity index (χ1) is 7.63. The van der Waals surface area contributed by atoms with Crippen molar-refractivity contribution >= 4 is 0 Å². The van der Waals surface area contributed by atoms with Crippen LogP contribution in [0.15, 0.2) is 24.3 Å². The summed E-state index contributed by atoms with van der Waals surface area (Å²) >= 11 is 0. The van der Waals surface area contributed by atoms with Crippen LogP contribution in [0.4, 0.5) is 0 Å². The second kappa shape index (κ2) is 6.63. The lowest BCUT2D eigenvalue weighted by Crippen LogP contribution is -2.36. The first-order valence-corrected chi connectivity index (χ1v) is 5.84. The van der Waals surface area contributed by atoms with Gasteiger partial charge in [-0.3, -0.25) is 10.7 Å². The van der Waals surface area contributed by atoms with Gasteiger partial charge in [-0.2, -0.15) is 0 Å². The Labute approximate surface area is 98.6 Å². The second-order valence-electron chi connectivity index (χ2n) is 4.59. The third kappa shape index (κ3) is 4.31. The summed E-state index contributed by atoms with van der Waals surface area (Å²) in [6.07, 6.45) is 1.07. The number of benzene rings is 1. The Morgan fingerprint density at radius 1 is 1.25 bits per heavy atom. The van der Waals surface area contributed by atoms with Crippen LogP contribution in [0.3, 0.4) is 0 Å². The van der Waals surface area contributed by atoms with Crippen molar-refractivity contribution < 1.29 is 0 Å². The molecule has 0 fully saturated rings. The van der Waals surface area contributed by atoms with E-state index in [9.17, 15) is 0 Å². The highest BCUT2D eigenvalue weighted by atomic mass is 15.3. The van der Waals surface area contributed by atoms with Crippen LogP contribution in [0.25, 0.3) is 0 Å². The largest absolute Gasteiger partial charge is 0.292 e. The van der Waals surface area contributed by atoms with Crippen molar-refractivity contribution in [1.29, 1.82) is 0 Å². The molecule has 0 saturated carbocycles. The van der Waals surface area contributed by atoms with Crippen molar-refractivity contribution in [2.45, 2.75) is 26.2 Å². The van der Waals surface area contributed by atoms with Crippen LogP contribution in [-0.2, 0) is 6.42 Å². The standard InChI is InChI=1S/C13H23N3/c1-11(2)13-6-4-12(5-7-13)8-9-16(3)10-15-14/h4-7,11,15H,8-10,14H2,1-3H3. The third-order valence-electron chi connectivity index (χ3n) is 2.79. The Bertz CT molecular complexity index is 293. The molecule has 3 heteroatoms. The molecule has 0 unspecified atom stereocenters. The molecular formula is C13H23N3. The van der Waals surface area contributed by atoms with Crippen molar-refractivity contribution in [1.82, 2.24) is 10.3 Å². The fraction of sp³-hybridized carbons (Fsp3) is 0.538. The summed E-state index contributed by atoms with van der Waals surface area (Å²) in [4.78, 5) is 2.16. The number of nitrogens with two attached hydrogens (primary N) is 1. The fourth-order valence-electron chi connectivity index (χ4n) is 1.62. The number of hydrogen-bond donors (Lipinski definition) is 2. The van der Waals surface area contributed by atoms with E-state index < -0.39 is 0 Å². The van der Waals surface area contributed by atoms with Gasteiger partial charge in [0, 0.05) is 6.54 Å². The van der Waals surface area contributed by atoms with E-state index in [4.69, 9.17) is 5.84 Å². The van der Waals surface area contributed by atoms with Crippen LogP contribution in [0, 0.1) is 0 Å². The Balaban J connectivity index is 2.43. The van der Waals surface area contributed by atoms with Gasteiger partial charge in [-0.05, 0) is 30.5 Å². The SMILES string of the molecule is CC(C)c1ccc(CCN(C)CNN)cc1. The van der Waals surface area contributed by atoms with Crippen LogP contribution < -0.4 is 11.3 Å². The van der Waals surface area contributed by atoms with E-state index in [1.807, 2.05) is 0 Å². The van der Waals surface area contributed by atoms with Gasteiger partial charge in [0.05, 0.1) is 6.67 Å². The quantitative estimate of drug-likeness (QED) is 0.436. The van der Waals surface area contributed by atoms with E-state index >= 15 is 0 Å². The minimum Gasteiger partial charge on any atom is -0.292 e. The number of hydrogen-bond acceptors (Lipinski definition) is 3. The van der Waals surface area contributed by atoms with Gasteiger partial charge < -0.3 is 0 Å². The Morgan fingerprint density at radius 3 is 2.38 bits per heavy atom. The highest BCUT2D eigenvalue weighted by molar-refractivity contribution is 5.24. The van der Waals surface area contributed by atoms with Gasteiger partial charge in [0.15, 0.2) is 0 Å². The summed E-state index contributed by atoms with van der Waals surface area (Å²) in [7, 11) is 2.06. The van der Waals surface area contributed by atoms with E-state index in [2.05, 4.69) is 55.5 Å². The first kappa shape index (κ1) is 13.2. The molecule has 0 saturated heterocycles. The zero-order valence-electron chi connectivity index (χ0n) is 10.5. The minimum absolute atomic E-state index is 0.609. The average Bonchev–Trinajstić information content (AvgIpc) is 2.27. The molecule has 90 valence electrons. The maximum atomic E-state index is 5.26. The van der Waals surface area contributed by atoms with Gasteiger partial charge in [0.2, 0.25) is 0 Å². The van der Waals surface area contributed by atoms with E-state index in [0.717, 1.165) is 19.6 Å². The smallest absolute Gasteiger partial charge is 0.0610 e. The van der Waals surface area contributed by atoms with Crippen molar-refractivity contribution in [2.24, 2.45) is 5.84 Å². The lowest BCUT2D eigenvalue weighted by molar-refractivity contribution is 0.313. The predicted molar refractivity (Wildman–Crippen MR) is 69.1 cm³/mol. The summed E-state index contributed by atoms with van der Waals surface area (Å²) < 4.78 is 0. The van der Waals surface area contributed by atoms with Crippen molar-refractivity contribution in [2.75, 3.05) is 20.3 Å². The fourth-order valence-corrected chi connectivity index (χ4v) is 1.62. The lowest BCUT2D eigenvalue weighted by Gasteiger charge is -2.15. The van der Waals surface area contributed by atoms with Crippen molar-refractivity contribution in [3.8, 4) is 0 Å². The van der Waals surface area contributed by atoms with Gasteiger partial charge in [-0.25, -0.2) is 5.43 Å². The molecule has 1 aromatic rings. The van der Waals surface area contributed by atoms with Crippen LogP contribution >= 0.6 is 0 Å². The van der Waals surface area contributed by atoms with Crippen LogP contribution in [0.1, 0.15) is 30.9 Å². The Kier molecular flexibility index (Phi) is 5.46. The van der Waals surface area contributed by atoms with Gasteiger partial charge >= 0.3 is 0 Å². The van der Waals surface area contributed by atoms with Gasteiger partial charge in [0.25, 0.3) is 0 Å². The third-order valence-corrected chi connectivity index (χ3v) is 2.79. The molecule has 0 bridgehead atoms. The molecular weight excluding hydrogens is 198 g/mol. The van der Waals surface area contributed by atoms with E-state index in [1.54, 1.807) is 0 Å². The van der Waals surface area contributed by atoms with Crippen molar-refractivity contribution in [3.05, 3.63) is 35.4 Å². The van der Waals surface area contributed by atoms with E-state index in [-0.39, 0.29) is 0 Å². The Morgan fingerprint density at radius 2 is 1.88 bits per heavy atom. The first-order valence-electron chi connectivity index (χ1n) is 5.84. The highest BCUT2D eigenvalue weighted by Gasteiger charge is 2.00. The van der Waals surface area contributed by atoms with Gasteiger partial charge in [-0.1, -0.05) is 38.1 Å². The molecule has 0 aliphatic carbocycles. The summed E-state index contributed by atoms with van der Waals surface area (Å²) in [5, 5.41) is 0. The average molecular weight is 221 g/mol. The summed E-state index contributed by atoms with van der Waals surface area (Å²) in [6, 6.07) is 8.89.